The lowest BCUT2D eigenvalue weighted by molar-refractivity contribution is -0.122. The van der Waals surface area contributed by atoms with Gasteiger partial charge in [0.1, 0.15) is 0 Å². The van der Waals surface area contributed by atoms with Gasteiger partial charge in [0.05, 0.1) is 4.32 Å². The molecule has 0 aromatic heterocycles. The van der Waals surface area contributed by atoms with Crippen molar-refractivity contribution in [3.63, 3.8) is 0 Å². The summed E-state index contributed by atoms with van der Waals surface area (Å²) < 4.78 is -0.447. The van der Waals surface area contributed by atoms with Crippen LogP contribution in [0.5, 0.6) is 0 Å². The molecule has 2 heterocycles. The number of fused-ring (bicyclic) bond motifs is 2. The Morgan fingerprint density at radius 1 is 1.35 bits per heavy atom. The minimum absolute atomic E-state index is 0.101. The summed E-state index contributed by atoms with van der Waals surface area (Å²) in [6.07, 6.45) is 5.18. The minimum Gasteiger partial charge on any atom is -0.355 e. The predicted molar refractivity (Wildman–Crippen MR) is 73.3 cm³/mol. The maximum atomic E-state index is 11.8. The standard InChI is InChI=1S/C13H23BrN2O/c1-13(2,14)12(17)15-8-9-6-10-4-5-11(7-9)16(10)3/h9-11H,4-8H2,1-3H3,(H,15,17). The Kier molecular flexibility index (Phi) is 3.83. The number of nitrogens with one attached hydrogen (secondary N) is 1. The molecule has 0 aromatic carbocycles. The molecule has 2 aliphatic rings. The van der Waals surface area contributed by atoms with Gasteiger partial charge in [0.15, 0.2) is 0 Å². The second-order valence-electron chi connectivity index (χ2n) is 6.07. The molecule has 0 spiro atoms. The van der Waals surface area contributed by atoms with Crippen molar-refractivity contribution in [2.24, 2.45) is 5.92 Å². The van der Waals surface area contributed by atoms with E-state index >= 15 is 0 Å². The van der Waals surface area contributed by atoms with Gasteiger partial charge in [-0.3, -0.25) is 4.79 Å². The first-order valence-electron chi connectivity index (χ1n) is 6.57. The topological polar surface area (TPSA) is 32.3 Å². The third-order valence-corrected chi connectivity index (χ3v) is 4.65. The Balaban J connectivity index is 1.80. The van der Waals surface area contributed by atoms with Gasteiger partial charge in [-0.05, 0) is 52.5 Å². The largest absolute Gasteiger partial charge is 0.355 e. The molecule has 2 unspecified atom stereocenters. The average Bonchev–Trinajstić information content (AvgIpc) is 2.50. The zero-order valence-electron chi connectivity index (χ0n) is 11.0. The number of nitrogens with zero attached hydrogens (tertiary/aromatic N) is 1. The first-order chi connectivity index (χ1) is 7.88. The molecular weight excluding hydrogens is 280 g/mol. The van der Waals surface area contributed by atoms with Gasteiger partial charge in [-0.2, -0.15) is 0 Å². The van der Waals surface area contributed by atoms with Crippen LogP contribution in [-0.4, -0.2) is 40.8 Å². The maximum Gasteiger partial charge on any atom is 0.236 e. The van der Waals surface area contributed by atoms with Gasteiger partial charge in [0, 0.05) is 18.6 Å². The first kappa shape index (κ1) is 13.3. The second-order valence-corrected chi connectivity index (χ2v) is 8.05. The Labute approximate surface area is 112 Å². The van der Waals surface area contributed by atoms with Crippen molar-refractivity contribution < 1.29 is 4.79 Å². The van der Waals surface area contributed by atoms with Gasteiger partial charge in [-0.15, -0.1) is 0 Å². The summed E-state index contributed by atoms with van der Waals surface area (Å²) in [4.78, 5) is 14.3. The number of hydrogen-bond donors (Lipinski definition) is 1. The highest BCUT2D eigenvalue weighted by molar-refractivity contribution is 9.10. The number of halogens is 1. The summed E-state index contributed by atoms with van der Waals surface area (Å²) in [5, 5.41) is 3.07. The molecule has 0 saturated carbocycles. The molecule has 2 atom stereocenters. The van der Waals surface area contributed by atoms with Crippen molar-refractivity contribution in [2.75, 3.05) is 13.6 Å². The van der Waals surface area contributed by atoms with E-state index < -0.39 is 4.32 Å². The molecule has 2 fully saturated rings. The number of rotatable bonds is 3. The Morgan fingerprint density at radius 2 is 1.88 bits per heavy atom. The summed E-state index contributed by atoms with van der Waals surface area (Å²) in [6.45, 7) is 4.62. The third-order valence-electron chi connectivity index (χ3n) is 4.29. The van der Waals surface area contributed by atoms with E-state index in [0.29, 0.717) is 5.92 Å². The summed E-state index contributed by atoms with van der Waals surface area (Å²) in [5.41, 5.74) is 0. The van der Waals surface area contributed by atoms with E-state index in [-0.39, 0.29) is 5.91 Å². The van der Waals surface area contributed by atoms with Crippen LogP contribution >= 0.6 is 15.9 Å². The molecule has 1 N–H and O–H groups in total. The van der Waals surface area contributed by atoms with Crippen LogP contribution in [0.1, 0.15) is 39.5 Å². The predicted octanol–water partition coefficient (Wildman–Crippen LogP) is 2.15. The van der Waals surface area contributed by atoms with Crippen molar-refractivity contribution in [1.82, 2.24) is 10.2 Å². The molecule has 2 aliphatic heterocycles. The van der Waals surface area contributed by atoms with Crippen molar-refractivity contribution in [3.05, 3.63) is 0 Å². The van der Waals surface area contributed by atoms with E-state index in [2.05, 4.69) is 33.2 Å². The lowest BCUT2D eigenvalue weighted by Crippen LogP contribution is -2.45. The summed E-state index contributed by atoms with van der Waals surface area (Å²) in [6, 6.07) is 1.51. The average molecular weight is 303 g/mol. The Morgan fingerprint density at radius 3 is 2.35 bits per heavy atom. The van der Waals surface area contributed by atoms with Crippen molar-refractivity contribution in [3.8, 4) is 0 Å². The molecule has 2 rings (SSSR count). The van der Waals surface area contributed by atoms with Crippen molar-refractivity contribution >= 4 is 21.8 Å². The molecule has 98 valence electrons. The highest BCUT2D eigenvalue weighted by atomic mass is 79.9. The number of alkyl halides is 1. The van der Waals surface area contributed by atoms with Gasteiger partial charge in [0.2, 0.25) is 5.91 Å². The fraction of sp³-hybridized carbons (Fsp3) is 0.923. The van der Waals surface area contributed by atoms with Gasteiger partial charge in [0.25, 0.3) is 0 Å². The van der Waals surface area contributed by atoms with E-state index in [1.165, 1.54) is 25.7 Å². The van der Waals surface area contributed by atoms with Gasteiger partial charge < -0.3 is 10.2 Å². The van der Waals surface area contributed by atoms with Crippen LogP contribution in [0.15, 0.2) is 0 Å². The molecule has 0 aromatic rings. The van der Waals surface area contributed by atoms with Crippen molar-refractivity contribution in [1.29, 1.82) is 0 Å². The van der Waals surface area contributed by atoms with E-state index in [4.69, 9.17) is 0 Å². The number of carbonyl (C=O) groups excluding carboxylic acids is 1. The maximum absolute atomic E-state index is 11.8. The van der Waals surface area contributed by atoms with Gasteiger partial charge >= 0.3 is 0 Å². The van der Waals surface area contributed by atoms with Crippen LogP contribution in [0.3, 0.4) is 0 Å². The molecular formula is C13H23BrN2O. The quantitative estimate of drug-likeness (QED) is 0.810. The first-order valence-corrected chi connectivity index (χ1v) is 7.36. The Hall–Kier alpha value is -0.0900. The van der Waals surface area contributed by atoms with Crippen molar-refractivity contribution in [2.45, 2.75) is 55.9 Å². The van der Waals surface area contributed by atoms with E-state index in [9.17, 15) is 4.79 Å². The van der Waals surface area contributed by atoms with Crippen LogP contribution < -0.4 is 5.32 Å². The lowest BCUT2D eigenvalue weighted by Gasteiger charge is -2.36. The number of amides is 1. The molecule has 1 amide bonds. The van der Waals surface area contributed by atoms with Crippen LogP contribution in [-0.2, 0) is 4.79 Å². The van der Waals surface area contributed by atoms with Crippen LogP contribution in [0.2, 0.25) is 0 Å². The lowest BCUT2D eigenvalue weighted by atomic mass is 9.91. The third kappa shape index (κ3) is 3.02. The van der Waals surface area contributed by atoms with Crippen LogP contribution in [0.4, 0.5) is 0 Å². The monoisotopic (exact) mass is 302 g/mol. The molecule has 17 heavy (non-hydrogen) atoms. The Bertz CT molecular complexity index is 286. The molecule has 0 aliphatic carbocycles. The normalized spacial score (nSPS) is 33.8. The number of piperidine rings is 1. The van der Waals surface area contributed by atoms with Gasteiger partial charge in [-0.1, -0.05) is 15.9 Å². The summed E-state index contributed by atoms with van der Waals surface area (Å²) in [5.74, 6) is 0.770. The van der Waals surface area contributed by atoms with E-state index in [0.717, 1.165) is 18.6 Å². The van der Waals surface area contributed by atoms with Crippen LogP contribution in [0.25, 0.3) is 0 Å². The summed E-state index contributed by atoms with van der Waals surface area (Å²) >= 11 is 3.39. The second kappa shape index (κ2) is 4.88. The molecule has 4 heteroatoms. The van der Waals surface area contributed by atoms with Crippen LogP contribution in [0, 0.1) is 5.92 Å². The number of hydrogen-bond acceptors (Lipinski definition) is 2. The van der Waals surface area contributed by atoms with E-state index in [1.54, 1.807) is 0 Å². The fourth-order valence-corrected chi connectivity index (χ4v) is 3.28. The summed E-state index contributed by atoms with van der Waals surface area (Å²) in [7, 11) is 2.25. The SMILES string of the molecule is CN1C2CCC1CC(CNC(=O)C(C)(C)Br)C2. The molecule has 2 saturated heterocycles. The zero-order chi connectivity index (χ0) is 12.6. The molecule has 3 nitrogen and oxygen atoms in total. The fourth-order valence-electron chi connectivity index (χ4n) is 3.14. The minimum atomic E-state index is -0.447. The molecule has 0 radical (unpaired) electrons. The van der Waals surface area contributed by atoms with E-state index in [1.807, 2.05) is 13.8 Å². The molecule has 2 bridgehead atoms. The highest BCUT2D eigenvalue weighted by Gasteiger charge is 2.38. The smallest absolute Gasteiger partial charge is 0.236 e. The highest BCUT2D eigenvalue weighted by Crippen LogP contribution is 2.37. The number of carbonyl (C=O) groups is 1. The van der Waals surface area contributed by atoms with Gasteiger partial charge in [-0.25, -0.2) is 0 Å². The zero-order valence-corrected chi connectivity index (χ0v) is 12.6.